The smallest absolute Gasteiger partial charge is 0.230 e. The first-order valence-corrected chi connectivity index (χ1v) is 6.03. The van der Waals surface area contributed by atoms with E-state index in [1.807, 2.05) is 0 Å². The molecule has 4 heteroatoms. The molecule has 3 N–H and O–H groups in total. The molecule has 0 radical (unpaired) electrons. The van der Waals surface area contributed by atoms with Gasteiger partial charge in [0.05, 0.1) is 5.75 Å². The van der Waals surface area contributed by atoms with Gasteiger partial charge in [0.1, 0.15) is 0 Å². The first kappa shape index (κ1) is 10.9. The van der Waals surface area contributed by atoms with E-state index in [0.29, 0.717) is 5.75 Å². The van der Waals surface area contributed by atoms with Crippen LogP contribution in [0.15, 0.2) is 0 Å². The van der Waals surface area contributed by atoms with Crippen LogP contribution in [0.25, 0.3) is 0 Å². The molecule has 0 aliphatic heterocycles. The molecule has 1 aliphatic rings. The van der Waals surface area contributed by atoms with Gasteiger partial charge in [-0.05, 0) is 37.5 Å². The first-order valence-electron chi connectivity index (χ1n) is 4.87. The van der Waals surface area contributed by atoms with Crippen molar-refractivity contribution in [2.45, 2.75) is 19.3 Å². The van der Waals surface area contributed by atoms with Gasteiger partial charge in [-0.3, -0.25) is 4.79 Å². The van der Waals surface area contributed by atoms with Gasteiger partial charge >= 0.3 is 0 Å². The van der Waals surface area contributed by atoms with E-state index >= 15 is 0 Å². The van der Waals surface area contributed by atoms with Gasteiger partial charge < -0.3 is 11.1 Å². The quantitative estimate of drug-likeness (QED) is 0.594. The lowest BCUT2D eigenvalue weighted by Gasteiger charge is -2.03. The van der Waals surface area contributed by atoms with Gasteiger partial charge in [0.2, 0.25) is 5.91 Å². The molecule has 0 aromatic rings. The normalized spacial score (nSPS) is 15.8. The summed E-state index contributed by atoms with van der Waals surface area (Å²) in [5, 5.41) is 2.93. The summed E-state index contributed by atoms with van der Waals surface area (Å²) < 4.78 is 0. The fraction of sp³-hybridized carbons (Fsp3) is 0.889. The molecule has 0 bridgehead atoms. The van der Waals surface area contributed by atoms with E-state index < -0.39 is 0 Å². The van der Waals surface area contributed by atoms with Gasteiger partial charge in [-0.1, -0.05) is 0 Å². The summed E-state index contributed by atoms with van der Waals surface area (Å²) in [6, 6.07) is 0. The Morgan fingerprint density at radius 3 is 2.92 bits per heavy atom. The van der Waals surface area contributed by atoms with Gasteiger partial charge in [-0.15, -0.1) is 0 Å². The summed E-state index contributed by atoms with van der Waals surface area (Å²) in [4.78, 5) is 11.2. The molecule has 0 unspecified atom stereocenters. The summed E-state index contributed by atoms with van der Waals surface area (Å²) in [6.07, 6.45) is 3.59. The molecule has 1 fully saturated rings. The molecule has 0 aromatic carbocycles. The topological polar surface area (TPSA) is 55.1 Å². The molecule has 76 valence electrons. The standard InChI is InChI=1S/C9H18N2OS/c10-4-1-5-13-7-9(12)11-6-8-2-3-8/h8H,1-7,10H2,(H,11,12). The zero-order valence-electron chi connectivity index (χ0n) is 7.92. The molecule has 1 aliphatic carbocycles. The third-order valence-electron chi connectivity index (χ3n) is 2.01. The average molecular weight is 202 g/mol. The van der Waals surface area contributed by atoms with Crippen molar-refractivity contribution >= 4 is 17.7 Å². The lowest BCUT2D eigenvalue weighted by molar-refractivity contribution is -0.118. The van der Waals surface area contributed by atoms with Crippen LogP contribution in [-0.4, -0.2) is 30.5 Å². The molecule has 13 heavy (non-hydrogen) atoms. The van der Waals surface area contributed by atoms with Crippen molar-refractivity contribution in [1.82, 2.24) is 5.32 Å². The number of amides is 1. The summed E-state index contributed by atoms with van der Waals surface area (Å²) in [7, 11) is 0. The Balaban J connectivity index is 1.84. The van der Waals surface area contributed by atoms with Crippen molar-refractivity contribution in [2.75, 3.05) is 24.6 Å². The number of nitrogens with two attached hydrogens (primary N) is 1. The van der Waals surface area contributed by atoms with Crippen molar-refractivity contribution in [3.05, 3.63) is 0 Å². The Morgan fingerprint density at radius 1 is 1.54 bits per heavy atom. The van der Waals surface area contributed by atoms with E-state index in [9.17, 15) is 4.79 Å². The molecule has 3 nitrogen and oxygen atoms in total. The molecular weight excluding hydrogens is 184 g/mol. The van der Waals surface area contributed by atoms with Crippen molar-refractivity contribution in [3.8, 4) is 0 Å². The molecule has 0 heterocycles. The highest BCUT2D eigenvalue weighted by molar-refractivity contribution is 7.99. The Kier molecular flexibility index (Phi) is 5.23. The number of hydrogen-bond acceptors (Lipinski definition) is 3. The van der Waals surface area contributed by atoms with Crippen LogP contribution in [0.5, 0.6) is 0 Å². The molecule has 0 atom stereocenters. The van der Waals surface area contributed by atoms with E-state index in [-0.39, 0.29) is 5.91 Å². The number of thioether (sulfide) groups is 1. The number of nitrogens with one attached hydrogen (secondary N) is 1. The maximum Gasteiger partial charge on any atom is 0.230 e. The average Bonchev–Trinajstić information content (AvgIpc) is 2.92. The first-order chi connectivity index (χ1) is 6.33. The molecule has 0 spiro atoms. The van der Waals surface area contributed by atoms with Crippen LogP contribution in [0.1, 0.15) is 19.3 Å². The molecule has 1 rings (SSSR count). The molecular formula is C9H18N2OS. The highest BCUT2D eigenvalue weighted by Gasteiger charge is 2.21. The Labute approximate surface area is 83.8 Å². The zero-order valence-corrected chi connectivity index (χ0v) is 8.74. The van der Waals surface area contributed by atoms with Crippen LogP contribution in [-0.2, 0) is 4.79 Å². The largest absolute Gasteiger partial charge is 0.355 e. The van der Waals surface area contributed by atoms with Crippen LogP contribution >= 0.6 is 11.8 Å². The van der Waals surface area contributed by atoms with Crippen molar-refractivity contribution in [3.63, 3.8) is 0 Å². The van der Waals surface area contributed by atoms with Gasteiger partial charge in [0, 0.05) is 6.54 Å². The molecule has 1 amide bonds. The lowest BCUT2D eigenvalue weighted by Crippen LogP contribution is -2.27. The highest BCUT2D eigenvalue weighted by atomic mass is 32.2. The van der Waals surface area contributed by atoms with E-state index in [1.54, 1.807) is 11.8 Å². The van der Waals surface area contributed by atoms with Crippen LogP contribution in [0.4, 0.5) is 0 Å². The van der Waals surface area contributed by atoms with E-state index in [0.717, 1.165) is 31.2 Å². The summed E-state index contributed by atoms with van der Waals surface area (Å²) in [5.41, 5.74) is 5.34. The predicted molar refractivity (Wildman–Crippen MR) is 56.7 cm³/mol. The number of hydrogen-bond donors (Lipinski definition) is 2. The van der Waals surface area contributed by atoms with E-state index in [1.165, 1.54) is 12.8 Å². The van der Waals surface area contributed by atoms with Crippen LogP contribution in [0.3, 0.4) is 0 Å². The van der Waals surface area contributed by atoms with Gasteiger partial charge in [-0.25, -0.2) is 0 Å². The van der Waals surface area contributed by atoms with Crippen molar-refractivity contribution < 1.29 is 4.79 Å². The Bertz CT molecular complexity index is 160. The monoisotopic (exact) mass is 202 g/mol. The highest BCUT2D eigenvalue weighted by Crippen LogP contribution is 2.27. The minimum atomic E-state index is 0.175. The van der Waals surface area contributed by atoms with Gasteiger partial charge in [0.25, 0.3) is 0 Å². The third-order valence-corrected chi connectivity index (χ3v) is 3.05. The van der Waals surface area contributed by atoms with Gasteiger partial charge in [0.15, 0.2) is 0 Å². The zero-order chi connectivity index (χ0) is 9.52. The van der Waals surface area contributed by atoms with Crippen molar-refractivity contribution in [1.29, 1.82) is 0 Å². The third kappa shape index (κ3) is 5.93. The minimum Gasteiger partial charge on any atom is -0.355 e. The minimum absolute atomic E-state index is 0.175. The van der Waals surface area contributed by atoms with E-state index in [4.69, 9.17) is 5.73 Å². The van der Waals surface area contributed by atoms with Crippen LogP contribution in [0, 0.1) is 5.92 Å². The van der Waals surface area contributed by atoms with E-state index in [2.05, 4.69) is 5.32 Å². The SMILES string of the molecule is NCCCSCC(=O)NCC1CC1. The maximum atomic E-state index is 11.2. The summed E-state index contributed by atoms with van der Waals surface area (Å²) >= 11 is 1.67. The maximum absolute atomic E-state index is 11.2. The summed E-state index contributed by atoms with van der Waals surface area (Å²) in [5.74, 6) is 2.53. The van der Waals surface area contributed by atoms with Crippen molar-refractivity contribution in [2.24, 2.45) is 11.7 Å². The Hall–Kier alpha value is -0.220. The molecule has 1 saturated carbocycles. The fourth-order valence-corrected chi connectivity index (χ4v) is 1.78. The number of carbonyl (C=O) groups is 1. The number of carbonyl (C=O) groups excluding carboxylic acids is 1. The molecule has 0 aromatic heterocycles. The fourth-order valence-electron chi connectivity index (χ4n) is 0.981. The second kappa shape index (κ2) is 6.27. The second-order valence-corrected chi connectivity index (χ2v) is 4.55. The lowest BCUT2D eigenvalue weighted by atomic mass is 10.4. The second-order valence-electron chi connectivity index (χ2n) is 3.44. The molecule has 0 saturated heterocycles. The Morgan fingerprint density at radius 2 is 2.31 bits per heavy atom. The number of rotatable bonds is 7. The summed E-state index contributed by atoms with van der Waals surface area (Å²) in [6.45, 7) is 1.60. The van der Waals surface area contributed by atoms with Crippen LogP contribution < -0.4 is 11.1 Å². The predicted octanol–water partition coefficient (Wildman–Crippen LogP) is 0.595. The van der Waals surface area contributed by atoms with Gasteiger partial charge in [-0.2, -0.15) is 11.8 Å². The van der Waals surface area contributed by atoms with Crippen LogP contribution in [0.2, 0.25) is 0 Å².